The van der Waals surface area contributed by atoms with Crippen molar-refractivity contribution in [2.24, 2.45) is 11.7 Å². The molecule has 0 spiro atoms. The number of hydrogen-bond donors (Lipinski definition) is 2. The molecule has 0 aromatic heterocycles. The van der Waals surface area contributed by atoms with Crippen LogP contribution in [0.15, 0.2) is 0 Å². The third kappa shape index (κ3) is 4.28. The quantitative estimate of drug-likeness (QED) is 0.733. The van der Waals surface area contributed by atoms with Crippen molar-refractivity contribution >= 4 is 5.91 Å². The summed E-state index contributed by atoms with van der Waals surface area (Å²) in [6.07, 6.45) is 6.16. The summed E-state index contributed by atoms with van der Waals surface area (Å²) in [5, 5.41) is 9.02. The number of amides is 1. The Labute approximate surface area is 104 Å². The number of hydrogen-bond acceptors (Lipinski definition) is 3. The summed E-state index contributed by atoms with van der Waals surface area (Å²) in [5.41, 5.74) is 6.03. The third-order valence-corrected chi connectivity index (χ3v) is 3.60. The van der Waals surface area contributed by atoms with Crippen LogP contribution >= 0.6 is 0 Å². The summed E-state index contributed by atoms with van der Waals surface area (Å²) in [5.74, 6) is 0.131. The van der Waals surface area contributed by atoms with E-state index in [9.17, 15) is 4.79 Å². The Morgan fingerprint density at radius 2 is 2.06 bits per heavy atom. The van der Waals surface area contributed by atoms with E-state index in [1.54, 1.807) is 4.90 Å². The van der Waals surface area contributed by atoms with Gasteiger partial charge in [-0.15, -0.1) is 0 Å². The minimum absolute atomic E-state index is 0.0130. The largest absolute Gasteiger partial charge is 0.395 e. The van der Waals surface area contributed by atoms with E-state index < -0.39 is 0 Å². The van der Waals surface area contributed by atoms with Gasteiger partial charge in [-0.1, -0.05) is 26.2 Å². The lowest BCUT2D eigenvalue weighted by molar-refractivity contribution is -0.137. The normalized spacial score (nSPS) is 24.6. The molecule has 1 rings (SSSR count). The van der Waals surface area contributed by atoms with Crippen molar-refractivity contribution < 1.29 is 9.90 Å². The van der Waals surface area contributed by atoms with Crippen LogP contribution in [0.1, 0.15) is 45.4 Å². The van der Waals surface area contributed by atoms with E-state index in [2.05, 4.69) is 6.92 Å². The zero-order valence-corrected chi connectivity index (χ0v) is 10.9. The second kappa shape index (κ2) is 7.67. The molecule has 1 saturated carbocycles. The number of carbonyl (C=O) groups excluding carboxylic acids is 1. The molecule has 17 heavy (non-hydrogen) atoms. The van der Waals surface area contributed by atoms with Crippen LogP contribution in [0.4, 0.5) is 0 Å². The predicted octanol–water partition coefficient (Wildman–Crippen LogP) is 1.12. The smallest absolute Gasteiger partial charge is 0.227 e. The number of nitrogens with zero attached hydrogens (tertiary/aromatic N) is 1. The van der Waals surface area contributed by atoms with Crippen LogP contribution in [-0.2, 0) is 4.79 Å². The first-order valence-electron chi connectivity index (χ1n) is 6.86. The fraction of sp³-hybridized carbons (Fsp3) is 0.923. The van der Waals surface area contributed by atoms with Crippen molar-refractivity contribution in [3.05, 3.63) is 0 Å². The SMILES string of the molecule is CCCCN(CCO)C(=O)C1CCCCC1N. The molecule has 4 nitrogen and oxygen atoms in total. The highest BCUT2D eigenvalue weighted by atomic mass is 16.3. The lowest BCUT2D eigenvalue weighted by atomic mass is 9.84. The fourth-order valence-corrected chi connectivity index (χ4v) is 2.50. The van der Waals surface area contributed by atoms with Crippen LogP contribution in [0.3, 0.4) is 0 Å². The molecule has 1 amide bonds. The van der Waals surface area contributed by atoms with Gasteiger partial charge in [-0.05, 0) is 19.3 Å². The van der Waals surface area contributed by atoms with Crippen molar-refractivity contribution in [2.75, 3.05) is 19.7 Å². The van der Waals surface area contributed by atoms with Crippen molar-refractivity contribution in [2.45, 2.75) is 51.5 Å². The molecule has 0 heterocycles. The van der Waals surface area contributed by atoms with E-state index in [1.807, 2.05) is 0 Å². The molecular weight excluding hydrogens is 216 g/mol. The highest BCUT2D eigenvalue weighted by Crippen LogP contribution is 2.24. The molecule has 100 valence electrons. The Balaban J connectivity index is 2.55. The fourth-order valence-electron chi connectivity index (χ4n) is 2.50. The van der Waals surface area contributed by atoms with Crippen LogP contribution in [0.5, 0.6) is 0 Å². The number of aliphatic hydroxyl groups is 1. The standard InChI is InChI=1S/C13H26N2O2/c1-2-3-8-15(9-10-16)13(17)11-6-4-5-7-12(11)14/h11-12,16H,2-10,14H2,1H3. The molecule has 0 radical (unpaired) electrons. The molecule has 3 N–H and O–H groups in total. The minimum atomic E-state index is -0.0212. The third-order valence-electron chi connectivity index (χ3n) is 3.60. The lowest BCUT2D eigenvalue weighted by Gasteiger charge is -2.32. The monoisotopic (exact) mass is 242 g/mol. The number of nitrogens with two attached hydrogens (primary N) is 1. The summed E-state index contributed by atoms with van der Waals surface area (Å²) in [4.78, 5) is 14.1. The Bertz CT molecular complexity index is 233. The van der Waals surface area contributed by atoms with Gasteiger partial charge in [0, 0.05) is 19.1 Å². The van der Waals surface area contributed by atoms with Gasteiger partial charge in [-0.3, -0.25) is 4.79 Å². The highest BCUT2D eigenvalue weighted by molar-refractivity contribution is 5.79. The van der Waals surface area contributed by atoms with Crippen LogP contribution in [0.2, 0.25) is 0 Å². The Morgan fingerprint density at radius 3 is 2.65 bits per heavy atom. The maximum absolute atomic E-state index is 12.3. The van der Waals surface area contributed by atoms with Gasteiger partial charge in [0.15, 0.2) is 0 Å². The number of aliphatic hydroxyl groups excluding tert-OH is 1. The van der Waals surface area contributed by atoms with Gasteiger partial charge in [0.1, 0.15) is 0 Å². The Hall–Kier alpha value is -0.610. The van der Waals surface area contributed by atoms with Gasteiger partial charge in [-0.25, -0.2) is 0 Å². The van der Waals surface area contributed by atoms with E-state index in [-0.39, 0.29) is 24.5 Å². The molecule has 1 fully saturated rings. The van der Waals surface area contributed by atoms with Crippen LogP contribution in [-0.4, -0.2) is 41.7 Å². The predicted molar refractivity (Wildman–Crippen MR) is 68.5 cm³/mol. The molecule has 0 aromatic rings. The Kier molecular flexibility index (Phi) is 6.52. The summed E-state index contributed by atoms with van der Waals surface area (Å²) in [6.45, 7) is 3.34. The van der Waals surface area contributed by atoms with Gasteiger partial charge in [0.25, 0.3) is 0 Å². The van der Waals surface area contributed by atoms with Crippen LogP contribution in [0, 0.1) is 5.92 Å². The van der Waals surface area contributed by atoms with Gasteiger partial charge in [0.05, 0.1) is 12.5 Å². The Morgan fingerprint density at radius 1 is 1.35 bits per heavy atom. The van der Waals surface area contributed by atoms with Crippen LogP contribution in [0.25, 0.3) is 0 Å². The summed E-state index contributed by atoms with van der Waals surface area (Å²) < 4.78 is 0. The van der Waals surface area contributed by atoms with Gasteiger partial charge in [0.2, 0.25) is 5.91 Å². The highest BCUT2D eigenvalue weighted by Gasteiger charge is 2.31. The topological polar surface area (TPSA) is 66.6 Å². The molecular formula is C13H26N2O2. The van der Waals surface area contributed by atoms with Crippen molar-refractivity contribution in [1.29, 1.82) is 0 Å². The zero-order chi connectivity index (χ0) is 12.7. The van der Waals surface area contributed by atoms with Crippen molar-refractivity contribution in [3.8, 4) is 0 Å². The van der Waals surface area contributed by atoms with Crippen molar-refractivity contribution in [1.82, 2.24) is 4.90 Å². The maximum atomic E-state index is 12.3. The average Bonchev–Trinajstić information content (AvgIpc) is 2.34. The van der Waals surface area contributed by atoms with Crippen LogP contribution < -0.4 is 5.73 Å². The summed E-state index contributed by atoms with van der Waals surface area (Å²) in [7, 11) is 0. The number of rotatable bonds is 6. The van der Waals surface area contributed by atoms with E-state index in [4.69, 9.17) is 10.8 Å². The molecule has 0 bridgehead atoms. The van der Waals surface area contributed by atoms with E-state index in [0.717, 1.165) is 45.1 Å². The first-order valence-corrected chi connectivity index (χ1v) is 6.86. The lowest BCUT2D eigenvalue weighted by Crippen LogP contribution is -2.46. The second-order valence-corrected chi connectivity index (χ2v) is 4.96. The van der Waals surface area contributed by atoms with E-state index >= 15 is 0 Å². The summed E-state index contributed by atoms with van der Waals surface area (Å²) in [6, 6.07) is 0.0130. The molecule has 1 aliphatic carbocycles. The molecule has 4 heteroatoms. The maximum Gasteiger partial charge on any atom is 0.227 e. The molecule has 1 aliphatic rings. The molecule has 0 aromatic carbocycles. The van der Waals surface area contributed by atoms with E-state index in [0.29, 0.717) is 6.54 Å². The molecule has 0 aliphatic heterocycles. The minimum Gasteiger partial charge on any atom is -0.395 e. The summed E-state index contributed by atoms with van der Waals surface area (Å²) >= 11 is 0. The van der Waals surface area contributed by atoms with Gasteiger partial charge >= 0.3 is 0 Å². The number of unbranched alkanes of at least 4 members (excludes halogenated alkanes) is 1. The van der Waals surface area contributed by atoms with Crippen molar-refractivity contribution in [3.63, 3.8) is 0 Å². The molecule has 0 saturated heterocycles. The first kappa shape index (κ1) is 14.5. The number of carbonyl (C=O) groups is 1. The first-order chi connectivity index (χ1) is 8.20. The second-order valence-electron chi connectivity index (χ2n) is 4.96. The molecule has 2 atom stereocenters. The average molecular weight is 242 g/mol. The molecule has 2 unspecified atom stereocenters. The zero-order valence-electron chi connectivity index (χ0n) is 10.9. The van der Waals surface area contributed by atoms with Gasteiger partial charge in [-0.2, -0.15) is 0 Å². The van der Waals surface area contributed by atoms with Gasteiger partial charge < -0.3 is 15.7 Å². The van der Waals surface area contributed by atoms with E-state index in [1.165, 1.54) is 0 Å².